The van der Waals surface area contributed by atoms with Crippen LogP contribution in [0.2, 0.25) is 0 Å². The van der Waals surface area contributed by atoms with Crippen LogP contribution in [0, 0.1) is 28.9 Å². The van der Waals surface area contributed by atoms with Crippen molar-refractivity contribution in [3.8, 4) is 6.07 Å². The van der Waals surface area contributed by atoms with Crippen molar-refractivity contribution in [3.63, 3.8) is 0 Å². The number of amides is 1. The SMILES string of the molecule is CC(C)(C)OC(=O)N1CCN(n2c(C(Nc3nc(N)nc(N)c3C#N)C3CC3)nc3c(F)ccc(F)c3c2=O)CC1. The quantitative estimate of drug-likeness (QED) is 0.411. The van der Waals surface area contributed by atoms with Crippen LogP contribution in [0.3, 0.4) is 0 Å². The van der Waals surface area contributed by atoms with E-state index < -0.39 is 45.8 Å². The highest BCUT2D eigenvalue weighted by Gasteiger charge is 2.39. The zero-order valence-corrected chi connectivity index (χ0v) is 22.8. The molecule has 216 valence electrons. The number of benzene rings is 1. The number of anilines is 3. The van der Waals surface area contributed by atoms with Gasteiger partial charge in [-0.1, -0.05) is 0 Å². The first-order valence-corrected chi connectivity index (χ1v) is 13.1. The summed E-state index contributed by atoms with van der Waals surface area (Å²) in [6, 6.07) is 2.99. The van der Waals surface area contributed by atoms with Crippen LogP contribution in [0.1, 0.15) is 51.0 Å². The van der Waals surface area contributed by atoms with Gasteiger partial charge in [0, 0.05) is 13.1 Å². The number of rotatable bonds is 5. The lowest BCUT2D eigenvalue weighted by atomic mass is 10.1. The first-order chi connectivity index (χ1) is 19.4. The van der Waals surface area contributed by atoms with Gasteiger partial charge in [0.1, 0.15) is 45.6 Å². The number of piperazine rings is 1. The van der Waals surface area contributed by atoms with Crippen molar-refractivity contribution >= 4 is 34.6 Å². The molecule has 1 aromatic carbocycles. The third-order valence-electron chi connectivity index (χ3n) is 6.85. The van der Waals surface area contributed by atoms with Gasteiger partial charge < -0.3 is 31.4 Å². The Morgan fingerprint density at radius 2 is 1.78 bits per heavy atom. The van der Waals surface area contributed by atoms with E-state index in [1.165, 1.54) is 9.58 Å². The molecule has 3 aromatic rings. The molecule has 1 atom stereocenters. The Balaban J connectivity index is 1.60. The van der Waals surface area contributed by atoms with Gasteiger partial charge in [0.2, 0.25) is 5.95 Å². The van der Waals surface area contributed by atoms with E-state index in [2.05, 4.69) is 20.3 Å². The van der Waals surface area contributed by atoms with Gasteiger partial charge in [-0.2, -0.15) is 15.2 Å². The molecular weight excluding hydrogens is 538 g/mol. The van der Waals surface area contributed by atoms with Crippen molar-refractivity contribution in [2.75, 3.05) is 48.0 Å². The number of carbonyl (C=O) groups is 1. The summed E-state index contributed by atoms with van der Waals surface area (Å²) >= 11 is 0. The number of nitrogens with one attached hydrogen (secondary N) is 1. The van der Waals surface area contributed by atoms with Crippen LogP contribution in [-0.4, -0.2) is 62.4 Å². The van der Waals surface area contributed by atoms with Crippen LogP contribution < -0.4 is 27.4 Å². The lowest BCUT2D eigenvalue weighted by Crippen LogP contribution is -2.57. The molecule has 2 aliphatic rings. The number of nitrogen functional groups attached to an aromatic ring is 2. The fraction of sp³-hybridized carbons (Fsp3) is 0.462. The second-order valence-electron chi connectivity index (χ2n) is 11.0. The number of hydrogen-bond donors (Lipinski definition) is 3. The normalized spacial score (nSPS) is 16.4. The van der Waals surface area contributed by atoms with Crippen molar-refractivity contribution in [1.82, 2.24) is 24.5 Å². The standard InChI is InChI=1S/C26H30F2N10O3/c1-26(2,3)41-25(40)36-8-10-37(11-9-36)38-22(33-19-16(28)7-6-15(27)17(19)23(38)39)18(13-4-5-13)32-21-14(12-29)20(30)34-24(31)35-21/h6-7,13,18H,4-5,8-11H2,1-3H3,(H5,30,31,32,34,35). The number of aromatic nitrogens is 4. The molecule has 1 amide bonds. The molecule has 0 radical (unpaired) electrons. The first kappa shape index (κ1) is 27.8. The van der Waals surface area contributed by atoms with E-state index in [1.807, 2.05) is 6.07 Å². The van der Waals surface area contributed by atoms with Gasteiger partial charge in [-0.05, 0) is 51.7 Å². The van der Waals surface area contributed by atoms with Crippen molar-refractivity contribution in [1.29, 1.82) is 5.26 Å². The zero-order chi connectivity index (χ0) is 29.6. The number of ether oxygens (including phenoxy) is 1. The highest BCUT2D eigenvalue weighted by molar-refractivity contribution is 5.79. The van der Waals surface area contributed by atoms with E-state index in [4.69, 9.17) is 16.2 Å². The van der Waals surface area contributed by atoms with Crippen LogP contribution in [0.5, 0.6) is 0 Å². The Kier molecular flexibility index (Phi) is 7.02. The van der Waals surface area contributed by atoms with Gasteiger partial charge >= 0.3 is 6.09 Å². The third kappa shape index (κ3) is 5.49. The molecule has 0 bridgehead atoms. The molecule has 3 heterocycles. The van der Waals surface area contributed by atoms with Gasteiger partial charge in [-0.15, -0.1) is 0 Å². The first-order valence-electron chi connectivity index (χ1n) is 13.1. The van der Waals surface area contributed by atoms with E-state index >= 15 is 0 Å². The summed E-state index contributed by atoms with van der Waals surface area (Å²) in [5.74, 6) is -2.02. The van der Waals surface area contributed by atoms with E-state index in [9.17, 15) is 23.6 Å². The molecule has 1 unspecified atom stereocenters. The van der Waals surface area contributed by atoms with E-state index in [-0.39, 0.29) is 61.1 Å². The van der Waals surface area contributed by atoms with Crippen molar-refractivity contribution in [3.05, 3.63) is 45.5 Å². The smallest absolute Gasteiger partial charge is 0.410 e. The Labute approximate surface area is 233 Å². The number of nitrogens with zero attached hydrogens (tertiary/aromatic N) is 7. The van der Waals surface area contributed by atoms with E-state index in [0.29, 0.717) is 0 Å². The summed E-state index contributed by atoms with van der Waals surface area (Å²) < 4.78 is 36.6. The summed E-state index contributed by atoms with van der Waals surface area (Å²) in [7, 11) is 0. The Hall–Kier alpha value is -4.74. The lowest BCUT2D eigenvalue weighted by Gasteiger charge is -2.38. The van der Waals surface area contributed by atoms with E-state index in [1.54, 1.807) is 25.8 Å². The molecule has 0 spiro atoms. The molecule has 13 nitrogen and oxygen atoms in total. The van der Waals surface area contributed by atoms with Gasteiger partial charge in [-0.3, -0.25) is 4.79 Å². The Morgan fingerprint density at radius 3 is 2.39 bits per heavy atom. The predicted octanol–water partition coefficient (Wildman–Crippen LogP) is 2.25. The summed E-state index contributed by atoms with van der Waals surface area (Å²) in [6.45, 7) is 6.09. The minimum absolute atomic E-state index is 0.0322. The molecule has 1 saturated heterocycles. The van der Waals surface area contributed by atoms with Gasteiger partial charge in [0.15, 0.2) is 11.6 Å². The van der Waals surface area contributed by atoms with Gasteiger partial charge in [-0.25, -0.2) is 23.2 Å². The second-order valence-corrected chi connectivity index (χ2v) is 11.0. The number of fused-ring (bicyclic) bond motifs is 1. The lowest BCUT2D eigenvalue weighted by molar-refractivity contribution is 0.0231. The molecule has 2 aromatic heterocycles. The molecular formula is C26H30F2N10O3. The average Bonchev–Trinajstić information content (AvgIpc) is 3.73. The fourth-order valence-corrected chi connectivity index (χ4v) is 4.79. The number of carbonyl (C=O) groups excluding carboxylic acids is 1. The van der Waals surface area contributed by atoms with Gasteiger partial charge in [0.25, 0.3) is 5.56 Å². The van der Waals surface area contributed by atoms with Gasteiger partial charge in [0.05, 0.1) is 19.1 Å². The Morgan fingerprint density at radius 1 is 1.12 bits per heavy atom. The van der Waals surface area contributed by atoms with Crippen molar-refractivity contribution < 1.29 is 18.3 Å². The topological polar surface area (TPSA) is 181 Å². The fourth-order valence-electron chi connectivity index (χ4n) is 4.79. The van der Waals surface area contributed by atoms with Crippen LogP contribution >= 0.6 is 0 Å². The van der Waals surface area contributed by atoms with Crippen molar-refractivity contribution in [2.24, 2.45) is 5.92 Å². The highest BCUT2D eigenvalue weighted by Crippen LogP contribution is 2.43. The largest absolute Gasteiger partial charge is 0.444 e. The molecule has 1 aliphatic carbocycles. The maximum atomic E-state index is 14.9. The number of nitrogens with two attached hydrogens (primary N) is 2. The molecule has 1 aliphatic heterocycles. The maximum absolute atomic E-state index is 14.9. The number of hydrogen-bond acceptors (Lipinski definition) is 11. The maximum Gasteiger partial charge on any atom is 0.410 e. The molecule has 5 N–H and O–H groups in total. The summed E-state index contributed by atoms with van der Waals surface area (Å²) in [4.78, 5) is 40.5. The van der Waals surface area contributed by atoms with Crippen molar-refractivity contribution in [2.45, 2.75) is 45.3 Å². The van der Waals surface area contributed by atoms with Crippen LogP contribution in [-0.2, 0) is 4.74 Å². The molecule has 1 saturated carbocycles. The van der Waals surface area contributed by atoms with Crippen LogP contribution in [0.25, 0.3) is 10.9 Å². The summed E-state index contributed by atoms with van der Waals surface area (Å²) in [5.41, 5.74) is 9.72. The highest BCUT2D eigenvalue weighted by atomic mass is 19.1. The minimum atomic E-state index is -0.911. The van der Waals surface area contributed by atoms with E-state index in [0.717, 1.165) is 25.0 Å². The average molecular weight is 569 g/mol. The number of nitriles is 1. The minimum Gasteiger partial charge on any atom is -0.444 e. The summed E-state index contributed by atoms with van der Waals surface area (Å²) in [5, 5.41) is 14.0. The molecule has 15 heteroatoms. The van der Waals surface area contributed by atoms with Crippen LogP contribution in [0.4, 0.5) is 31.2 Å². The van der Waals surface area contributed by atoms with Crippen LogP contribution in [0.15, 0.2) is 16.9 Å². The molecule has 41 heavy (non-hydrogen) atoms. The monoisotopic (exact) mass is 568 g/mol. The summed E-state index contributed by atoms with van der Waals surface area (Å²) in [6.07, 6.45) is 0.985. The Bertz CT molecular complexity index is 1620. The molecule has 2 fully saturated rings. The second kappa shape index (κ2) is 10.3. The molecule has 5 rings (SSSR count). The number of halogens is 2. The zero-order valence-electron chi connectivity index (χ0n) is 22.8. The third-order valence-corrected chi connectivity index (χ3v) is 6.85. The predicted molar refractivity (Wildman–Crippen MR) is 146 cm³/mol.